The number of nitrogens with zero attached hydrogens (tertiary/aromatic N) is 2. The zero-order valence-electron chi connectivity index (χ0n) is 36.0. The molecule has 0 unspecified atom stereocenters. The SMILES string of the molecule is Cc1cc(C#Cc2ccc(N(c3ccccc3)c3ccccc3)cc2)c2ccc3c(C#Cc4ccc(N(c5ccccc5)c5ccccc5)cc4)cc([Si](C)(C)C)c4ccc1c2c34. The van der Waals surface area contributed by atoms with Gasteiger partial charge in [-0.25, -0.2) is 0 Å². The fourth-order valence-corrected chi connectivity index (χ4v) is 10.5. The van der Waals surface area contributed by atoms with Gasteiger partial charge in [0.05, 0.1) is 8.07 Å². The van der Waals surface area contributed by atoms with Crippen LogP contribution in [0.25, 0.3) is 32.3 Å². The highest BCUT2D eigenvalue weighted by atomic mass is 28.3. The third-order valence-corrected chi connectivity index (χ3v) is 13.9. The number of benzene rings is 10. The minimum Gasteiger partial charge on any atom is -0.311 e. The lowest BCUT2D eigenvalue weighted by molar-refractivity contribution is 1.28. The number of para-hydroxylation sites is 4. The van der Waals surface area contributed by atoms with Crippen molar-refractivity contribution in [3.05, 3.63) is 234 Å². The van der Waals surface area contributed by atoms with E-state index in [1.165, 1.54) is 43.1 Å². The first-order valence-electron chi connectivity index (χ1n) is 21.6. The molecule has 0 amide bonds. The van der Waals surface area contributed by atoms with Gasteiger partial charge in [0.15, 0.2) is 0 Å². The van der Waals surface area contributed by atoms with Crippen molar-refractivity contribution in [3.8, 4) is 23.7 Å². The summed E-state index contributed by atoms with van der Waals surface area (Å²) in [5, 5.41) is 8.98. The van der Waals surface area contributed by atoms with Crippen molar-refractivity contribution < 1.29 is 0 Å². The van der Waals surface area contributed by atoms with Gasteiger partial charge in [0, 0.05) is 56.4 Å². The van der Waals surface area contributed by atoms with Gasteiger partial charge >= 0.3 is 0 Å². The standard InChI is InChI=1S/C60H46N2Si/c1-43-41-46(31-25-44-27-33-52(34-28-44)61(48-17-9-5-10-18-48)49-19-11-6-12-20-49)55-38-39-56-47(42-58(63(2,3)4)57-40-37-54(43)59(55)60(56)57)32-26-45-29-35-53(36-30-45)62(50-21-13-7-14-22-50)51-23-15-8-16-24-51/h5-24,27-30,33-42H,1-4H3. The van der Waals surface area contributed by atoms with Crippen molar-refractivity contribution >= 4 is 79.7 Å². The molecule has 0 aliphatic rings. The van der Waals surface area contributed by atoms with Crippen LogP contribution in [0.2, 0.25) is 19.6 Å². The molecule has 0 fully saturated rings. The Labute approximate surface area is 372 Å². The van der Waals surface area contributed by atoms with E-state index in [1.807, 2.05) is 0 Å². The molecular formula is C60H46N2Si. The lowest BCUT2D eigenvalue weighted by Crippen LogP contribution is -2.38. The number of hydrogen-bond acceptors (Lipinski definition) is 2. The molecule has 0 heterocycles. The van der Waals surface area contributed by atoms with Crippen molar-refractivity contribution in [3.63, 3.8) is 0 Å². The second-order valence-corrected chi connectivity index (χ2v) is 22.2. The van der Waals surface area contributed by atoms with Gasteiger partial charge in [0.25, 0.3) is 0 Å². The van der Waals surface area contributed by atoms with Gasteiger partial charge < -0.3 is 9.80 Å². The third kappa shape index (κ3) is 7.73. The second-order valence-electron chi connectivity index (χ2n) is 17.1. The Bertz CT molecular complexity index is 3270. The van der Waals surface area contributed by atoms with Crippen LogP contribution in [0.3, 0.4) is 0 Å². The van der Waals surface area contributed by atoms with E-state index in [9.17, 15) is 0 Å². The Kier molecular flexibility index (Phi) is 10.3. The Hall–Kier alpha value is -7.82. The van der Waals surface area contributed by atoms with Gasteiger partial charge in [-0.15, -0.1) is 0 Å². The maximum atomic E-state index is 3.68. The number of hydrogen-bond donors (Lipinski definition) is 0. The summed E-state index contributed by atoms with van der Waals surface area (Å²) in [6.07, 6.45) is 0. The largest absolute Gasteiger partial charge is 0.311 e. The number of aryl methyl sites for hydroxylation is 1. The highest BCUT2D eigenvalue weighted by Gasteiger charge is 2.24. The zero-order valence-corrected chi connectivity index (χ0v) is 37.0. The molecule has 300 valence electrons. The van der Waals surface area contributed by atoms with Crippen LogP contribution >= 0.6 is 0 Å². The average molecular weight is 823 g/mol. The molecule has 10 aromatic carbocycles. The molecule has 0 radical (unpaired) electrons. The van der Waals surface area contributed by atoms with Crippen molar-refractivity contribution in [1.82, 2.24) is 0 Å². The summed E-state index contributed by atoms with van der Waals surface area (Å²) in [7, 11) is -1.80. The summed E-state index contributed by atoms with van der Waals surface area (Å²) in [5.41, 5.74) is 11.9. The number of anilines is 6. The molecule has 0 N–H and O–H groups in total. The molecule has 2 nitrogen and oxygen atoms in total. The molecule has 10 aromatic rings. The van der Waals surface area contributed by atoms with Crippen LogP contribution in [0, 0.1) is 30.6 Å². The summed E-state index contributed by atoms with van der Waals surface area (Å²) < 4.78 is 0. The first-order valence-corrected chi connectivity index (χ1v) is 25.1. The van der Waals surface area contributed by atoms with Crippen molar-refractivity contribution in [2.75, 3.05) is 9.80 Å². The first kappa shape index (κ1) is 39.3. The summed E-state index contributed by atoms with van der Waals surface area (Å²) in [4.78, 5) is 4.55. The Balaban J connectivity index is 1.03. The average Bonchev–Trinajstić information content (AvgIpc) is 3.32. The third-order valence-electron chi connectivity index (χ3n) is 11.9. The predicted molar refractivity (Wildman–Crippen MR) is 272 cm³/mol. The van der Waals surface area contributed by atoms with Gasteiger partial charge in [-0.05, 0) is 154 Å². The van der Waals surface area contributed by atoms with E-state index in [0.717, 1.165) is 56.4 Å². The Morgan fingerprint density at radius 2 is 0.667 bits per heavy atom. The van der Waals surface area contributed by atoms with Crippen LogP contribution in [0.1, 0.15) is 27.8 Å². The minimum absolute atomic E-state index is 0.975. The Morgan fingerprint density at radius 3 is 1.06 bits per heavy atom. The van der Waals surface area contributed by atoms with Crippen molar-refractivity contribution in [1.29, 1.82) is 0 Å². The van der Waals surface area contributed by atoms with Crippen LogP contribution in [0.5, 0.6) is 0 Å². The molecule has 63 heavy (non-hydrogen) atoms. The Morgan fingerprint density at radius 1 is 0.333 bits per heavy atom. The summed E-state index contributed by atoms with van der Waals surface area (Å²) in [5.74, 6) is 14.4. The molecule has 0 aromatic heterocycles. The smallest absolute Gasteiger partial charge is 0.0784 e. The van der Waals surface area contributed by atoms with Gasteiger partial charge in [-0.3, -0.25) is 0 Å². The molecule has 3 heteroatoms. The molecule has 0 aliphatic heterocycles. The van der Waals surface area contributed by atoms with Crippen LogP contribution < -0.4 is 15.0 Å². The highest BCUT2D eigenvalue weighted by molar-refractivity contribution is 6.90. The molecule has 0 bridgehead atoms. The molecular weight excluding hydrogens is 777 g/mol. The van der Waals surface area contributed by atoms with E-state index >= 15 is 0 Å². The summed E-state index contributed by atoms with van der Waals surface area (Å²) >= 11 is 0. The fourth-order valence-electron chi connectivity index (χ4n) is 8.87. The van der Waals surface area contributed by atoms with Crippen molar-refractivity contribution in [2.24, 2.45) is 0 Å². The second kappa shape index (κ2) is 16.6. The molecule has 0 atom stereocenters. The lowest BCUT2D eigenvalue weighted by atomic mass is 9.88. The molecule has 0 saturated heterocycles. The van der Waals surface area contributed by atoms with Gasteiger partial charge in [-0.1, -0.05) is 146 Å². The zero-order chi connectivity index (χ0) is 42.9. The van der Waals surface area contributed by atoms with E-state index in [1.54, 1.807) is 0 Å². The molecule has 0 spiro atoms. The van der Waals surface area contributed by atoms with Gasteiger partial charge in [-0.2, -0.15) is 0 Å². The van der Waals surface area contributed by atoms with E-state index in [0.29, 0.717) is 0 Å². The van der Waals surface area contributed by atoms with Crippen LogP contribution in [0.4, 0.5) is 34.1 Å². The minimum atomic E-state index is -1.80. The summed E-state index contributed by atoms with van der Waals surface area (Å²) in [6, 6.07) is 73.1. The van der Waals surface area contributed by atoms with E-state index in [4.69, 9.17) is 0 Å². The van der Waals surface area contributed by atoms with Crippen molar-refractivity contribution in [2.45, 2.75) is 26.6 Å². The van der Waals surface area contributed by atoms with Gasteiger partial charge in [0.2, 0.25) is 0 Å². The van der Waals surface area contributed by atoms with Crippen LogP contribution in [0.15, 0.2) is 206 Å². The maximum absolute atomic E-state index is 3.68. The monoisotopic (exact) mass is 822 g/mol. The topological polar surface area (TPSA) is 6.48 Å². The molecule has 10 rings (SSSR count). The van der Waals surface area contributed by atoms with Gasteiger partial charge in [0.1, 0.15) is 0 Å². The summed E-state index contributed by atoms with van der Waals surface area (Å²) in [6.45, 7) is 9.53. The number of rotatable bonds is 7. The molecule has 0 aliphatic carbocycles. The fraction of sp³-hybridized carbons (Fsp3) is 0.0667. The van der Waals surface area contributed by atoms with E-state index in [2.05, 4.69) is 266 Å². The quantitative estimate of drug-likeness (QED) is 0.0897. The highest BCUT2D eigenvalue weighted by Crippen LogP contribution is 2.40. The van der Waals surface area contributed by atoms with E-state index in [-0.39, 0.29) is 0 Å². The predicted octanol–water partition coefficient (Wildman–Crippen LogP) is 15.2. The normalized spacial score (nSPS) is 11.2. The maximum Gasteiger partial charge on any atom is 0.0784 e. The molecule has 0 saturated carbocycles. The van der Waals surface area contributed by atoms with Crippen LogP contribution in [-0.2, 0) is 0 Å². The van der Waals surface area contributed by atoms with E-state index < -0.39 is 8.07 Å². The lowest BCUT2D eigenvalue weighted by Gasteiger charge is -2.25. The van der Waals surface area contributed by atoms with Crippen LogP contribution in [-0.4, -0.2) is 8.07 Å². The first-order chi connectivity index (χ1) is 30.8.